The monoisotopic (exact) mass is 395 g/mol. The first kappa shape index (κ1) is 20.4. The number of carbonyl (C=O) groups excluding carboxylic acids is 3. The van der Waals surface area contributed by atoms with E-state index in [2.05, 4.69) is 17.6 Å². The van der Waals surface area contributed by atoms with Gasteiger partial charge in [-0.2, -0.15) is 0 Å². The van der Waals surface area contributed by atoms with E-state index in [-0.39, 0.29) is 6.54 Å². The van der Waals surface area contributed by atoms with Gasteiger partial charge >= 0.3 is 6.03 Å². The quantitative estimate of drug-likeness (QED) is 0.706. The normalized spacial score (nSPS) is 18.5. The number of urea groups is 1. The molecular formula is C22H25N3O4. The summed E-state index contributed by atoms with van der Waals surface area (Å²) in [6.45, 7) is 3.39. The van der Waals surface area contributed by atoms with Crippen LogP contribution in [0.4, 0.5) is 10.5 Å². The number of hydrogen-bond acceptors (Lipinski definition) is 4. The van der Waals surface area contributed by atoms with E-state index in [1.807, 2.05) is 24.3 Å². The molecule has 0 aliphatic carbocycles. The summed E-state index contributed by atoms with van der Waals surface area (Å²) < 4.78 is 5.12. The van der Waals surface area contributed by atoms with Crippen LogP contribution in [-0.2, 0) is 21.5 Å². The van der Waals surface area contributed by atoms with Crippen LogP contribution in [-0.4, -0.2) is 36.4 Å². The van der Waals surface area contributed by atoms with Crippen LogP contribution in [0.5, 0.6) is 5.75 Å². The first-order chi connectivity index (χ1) is 13.9. The van der Waals surface area contributed by atoms with E-state index in [1.165, 1.54) is 12.7 Å². The maximum Gasteiger partial charge on any atom is 0.325 e. The Balaban J connectivity index is 1.71. The highest BCUT2D eigenvalue weighted by molar-refractivity contribution is 6.10. The van der Waals surface area contributed by atoms with Crippen LogP contribution in [0, 0.1) is 0 Å². The minimum Gasteiger partial charge on any atom is -0.497 e. The van der Waals surface area contributed by atoms with Gasteiger partial charge in [-0.25, -0.2) is 4.79 Å². The van der Waals surface area contributed by atoms with Gasteiger partial charge in [0.15, 0.2) is 0 Å². The third-order valence-corrected chi connectivity index (χ3v) is 5.00. The van der Waals surface area contributed by atoms with Gasteiger partial charge in [0.25, 0.3) is 5.91 Å². The maximum absolute atomic E-state index is 13.0. The van der Waals surface area contributed by atoms with Crippen LogP contribution in [0.15, 0.2) is 48.5 Å². The number of nitrogens with one attached hydrogen (secondary N) is 2. The number of ether oxygens (including phenoxy) is 1. The lowest BCUT2D eigenvalue weighted by molar-refractivity contribution is -0.133. The molecule has 0 unspecified atom stereocenters. The van der Waals surface area contributed by atoms with E-state index in [1.54, 1.807) is 31.2 Å². The van der Waals surface area contributed by atoms with Gasteiger partial charge in [0, 0.05) is 11.8 Å². The molecule has 2 aromatic rings. The summed E-state index contributed by atoms with van der Waals surface area (Å²) >= 11 is 0. The summed E-state index contributed by atoms with van der Waals surface area (Å²) in [5, 5.41) is 5.40. The number of rotatable bonds is 7. The molecule has 1 aliphatic rings. The highest BCUT2D eigenvalue weighted by Crippen LogP contribution is 2.29. The van der Waals surface area contributed by atoms with Gasteiger partial charge in [-0.05, 0) is 36.6 Å². The number of hydrogen-bond donors (Lipinski definition) is 2. The van der Waals surface area contributed by atoms with Crippen molar-refractivity contribution in [2.24, 2.45) is 0 Å². The number of carbonyl (C=O) groups is 3. The molecule has 7 nitrogen and oxygen atoms in total. The Bertz CT molecular complexity index is 926. The smallest absolute Gasteiger partial charge is 0.325 e. The molecule has 1 heterocycles. The van der Waals surface area contributed by atoms with E-state index >= 15 is 0 Å². The van der Waals surface area contributed by atoms with Crippen molar-refractivity contribution in [3.63, 3.8) is 0 Å². The molecule has 1 aliphatic heterocycles. The number of benzene rings is 2. The molecule has 4 amide bonds. The van der Waals surface area contributed by atoms with Gasteiger partial charge in [-0.1, -0.05) is 43.7 Å². The van der Waals surface area contributed by atoms with Crippen LogP contribution in [0.2, 0.25) is 0 Å². The second-order valence-electron chi connectivity index (χ2n) is 7.17. The van der Waals surface area contributed by atoms with E-state index in [0.717, 1.165) is 17.7 Å². The van der Waals surface area contributed by atoms with E-state index in [9.17, 15) is 14.4 Å². The van der Waals surface area contributed by atoms with Gasteiger partial charge in [-0.3, -0.25) is 14.5 Å². The molecule has 0 bridgehead atoms. The summed E-state index contributed by atoms with van der Waals surface area (Å²) in [5.41, 5.74) is 1.19. The fourth-order valence-electron chi connectivity index (χ4n) is 3.37. The van der Waals surface area contributed by atoms with Crippen LogP contribution >= 0.6 is 0 Å². The highest BCUT2D eigenvalue weighted by atomic mass is 16.5. The Kier molecular flexibility index (Phi) is 5.87. The highest BCUT2D eigenvalue weighted by Gasteiger charge is 2.49. The van der Waals surface area contributed by atoms with E-state index in [0.29, 0.717) is 17.0 Å². The second-order valence-corrected chi connectivity index (χ2v) is 7.17. The molecule has 1 atom stereocenters. The van der Waals surface area contributed by atoms with Gasteiger partial charge in [-0.15, -0.1) is 0 Å². The first-order valence-electron chi connectivity index (χ1n) is 9.55. The number of methoxy groups -OCH3 is 1. The molecule has 3 rings (SSSR count). The first-order valence-corrected chi connectivity index (χ1v) is 9.55. The fraction of sp³-hybridized carbons (Fsp3) is 0.318. The Hall–Kier alpha value is -3.35. The Morgan fingerprint density at radius 3 is 2.55 bits per heavy atom. The molecule has 0 saturated carbocycles. The van der Waals surface area contributed by atoms with Crippen molar-refractivity contribution < 1.29 is 19.1 Å². The summed E-state index contributed by atoms with van der Waals surface area (Å²) in [6.07, 6.45) is 1.98. The maximum atomic E-state index is 13.0. The molecule has 2 N–H and O–H groups in total. The summed E-state index contributed by atoms with van der Waals surface area (Å²) in [5.74, 6) is -0.326. The second kappa shape index (κ2) is 8.34. The van der Waals surface area contributed by atoms with Gasteiger partial charge in [0.05, 0.1) is 7.11 Å². The summed E-state index contributed by atoms with van der Waals surface area (Å²) in [6, 6.07) is 13.9. The van der Waals surface area contributed by atoms with Crippen LogP contribution in [0.1, 0.15) is 31.4 Å². The molecule has 152 valence electrons. The molecule has 0 radical (unpaired) electrons. The van der Waals surface area contributed by atoms with Crippen molar-refractivity contribution in [3.05, 3.63) is 59.7 Å². The molecule has 1 fully saturated rings. The van der Waals surface area contributed by atoms with Crippen molar-refractivity contribution in [1.82, 2.24) is 10.2 Å². The van der Waals surface area contributed by atoms with Crippen molar-refractivity contribution in [3.8, 4) is 5.75 Å². The Morgan fingerprint density at radius 1 is 1.17 bits per heavy atom. The molecular weight excluding hydrogens is 370 g/mol. The minimum absolute atomic E-state index is 0.370. The predicted octanol–water partition coefficient (Wildman–Crippen LogP) is 3.05. The summed E-state index contributed by atoms with van der Waals surface area (Å²) in [4.78, 5) is 38.7. The minimum atomic E-state index is -1.20. The number of anilines is 1. The fourth-order valence-corrected chi connectivity index (χ4v) is 3.37. The lowest BCUT2D eigenvalue weighted by Crippen LogP contribution is -2.42. The zero-order valence-electron chi connectivity index (χ0n) is 16.8. The number of nitrogens with zero attached hydrogens (tertiary/aromatic N) is 1. The average Bonchev–Trinajstić information content (AvgIpc) is 2.93. The number of amides is 4. The van der Waals surface area contributed by atoms with Crippen LogP contribution in [0.25, 0.3) is 0 Å². The topological polar surface area (TPSA) is 87.7 Å². The molecule has 1 saturated heterocycles. The lowest BCUT2D eigenvalue weighted by atomic mass is 9.91. The predicted molar refractivity (Wildman–Crippen MR) is 110 cm³/mol. The van der Waals surface area contributed by atoms with Gasteiger partial charge in [0.2, 0.25) is 5.91 Å². The molecule has 2 aromatic carbocycles. The molecule has 0 spiro atoms. The third-order valence-electron chi connectivity index (χ3n) is 5.00. The van der Waals surface area contributed by atoms with Gasteiger partial charge in [0.1, 0.15) is 17.8 Å². The van der Waals surface area contributed by atoms with E-state index < -0.39 is 23.4 Å². The summed E-state index contributed by atoms with van der Waals surface area (Å²) in [7, 11) is 1.53. The number of aryl methyl sites for hydroxylation is 1. The lowest BCUT2D eigenvalue weighted by Gasteiger charge is -2.22. The average molecular weight is 395 g/mol. The van der Waals surface area contributed by atoms with Crippen molar-refractivity contribution in [2.45, 2.75) is 32.2 Å². The SMILES string of the molecule is CCCc1ccc([C@@]2(C)NC(=O)N(CC(=O)Nc3cccc(OC)c3)C2=O)cc1. The zero-order chi connectivity index (χ0) is 21.0. The van der Waals surface area contributed by atoms with Crippen molar-refractivity contribution >= 4 is 23.5 Å². The Labute approximate surface area is 170 Å². The van der Waals surface area contributed by atoms with Gasteiger partial charge < -0.3 is 15.4 Å². The van der Waals surface area contributed by atoms with Crippen LogP contribution in [0.3, 0.4) is 0 Å². The van der Waals surface area contributed by atoms with Crippen molar-refractivity contribution in [1.29, 1.82) is 0 Å². The largest absolute Gasteiger partial charge is 0.497 e. The third kappa shape index (κ3) is 4.23. The van der Waals surface area contributed by atoms with Crippen molar-refractivity contribution in [2.75, 3.05) is 19.0 Å². The Morgan fingerprint density at radius 2 is 1.90 bits per heavy atom. The van der Waals surface area contributed by atoms with Crippen LogP contribution < -0.4 is 15.4 Å². The standard InChI is InChI=1S/C22H25N3O4/c1-4-6-15-9-11-16(12-10-15)22(2)20(27)25(21(28)24-22)14-19(26)23-17-7-5-8-18(13-17)29-3/h5,7-13H,4,6,14H2,1-3H3,(H,23,26)(H,24,28)/t22-/m1/s1. The molecule has 29 heavy (non-hydrogen) atoms. The molecule has 0 aromatic heterocycles. The zero-order valence-corrected chi connectivity index (χ0v) is 16.8. The molecule has 7 heteroatoms. The van der Waals surface area contributed by atoms with E-state index in [4.69, 9.17) is 4.74 Å². The number of imide groups is 1.